The molecule has 3 rings (SSSR count). The van der Waals surface area contributed by atoms with Crippen molar-refractivity contribution in [3.05, 3.63) is 57.6 Å². The number of aryl methyl sites for hydroxylation is 1. The number of nitrogens with one attached hydrogen (secondary N) is 1. The lowest BCUT2D eigenvalue weighted by molar-refractivity contribution is -0.121. The number of benzene rings is 1. The van der Waals surface area contributed by atoms with Gasteiger partial charge in [0.05, 0.1) is 25.1 Å². The van der Waals surface area contributed by atoms with Gasteiger partial charge >= 0.3 is 0 Å². The van der Waals surface area contributed by atoms with Gasteiger partial charge in [0.1, 0.15) is 5.69 Å². The van der Waals surface area contributed by atoms with Crippen molar-refractivity contribution >= 4 is 35.0 Å². The van der Waals surface area contributed by atoms with Crippen LogP contribution in [0.2, 0.25) is 10.0 Å². The highest BCUT2D eigenvalue weighted by Gasteiger charge is 2.20. The Bertz CT molecular complexity index is 936. The van der Waals surface area contributed by atoms with Gasteiger partial charge in [0.25, 0.3) is 5.91 Å². The fourth-order valence-electron chi connectivity index (χ4n) is 3.45. The summed E-state index contributed by atoms with van der Waals surface area (Å²) in [6.45, 7) is 6.83. The van der Waals surface area contributed by atoms with Crippen molar-refractivity contribution in [3.63, 3.8) is 0 Å². The van der Waals surface area contributed by atoms with E-state index >= 15 is 0 Å². The summed E-state index contributed by atoms with van der Waals surface area (Å²) in [4.78, 5) is 37.8. The Morgan fingerprint density at radius 1 is 1.15 bits per heavy atom. The number of amides is 2. The molecule has 1 N–H and O–H groups in total. The Balaban J connectivity index is 1.52. The molecule has 0 atom stereocenters. The first-order valence-electron chi connectivity index (χ1n) is 11.0. The molecule has 0 spiro atoms. The van der Waals surface area contributed by atoms with Crippen LogP contribution in [0.4, 0.5) is 0 Å². The summed E-state index contributed by atoms with van der Waals surface area (Å²) in [7, 11) is 0. The Morgan fingerprint density at radius 3 is 2.64 bits per heavy atom. The molecule has 33 heavy (non-hydrogen) atoms. The minimum absolute atomic E-state index is 0.126. The average Bonchev–Trinajstić information content (AvgIpc) is 2.81. The lowest BCUT2D eigenvalue weighted by atomic mass is 10.1. The largest absolute Gasteiger partial charge is 0.379 e. The number of halogens is 2. The normalized spacial score (nSPS) is 14.2. The van der Waals surface area contributed by atoms with Crippen molar-refractivity contribution < 1.29 is 14.3 Å². The molecule has 0 unspecified atom stereocenters. The highest BCUT2D eigenvalue weighted by atomic mass is 35.5. The summed E-state index contributed by atoms with van der Waals surface area (Å²) in [5.41, 5.74) is 1.94. The van der Waals surface area contributed by atoms with E-state index in [9.17, 15) is 9.59 Å². The molecule has 1 aliphatic rings. The van der Waals surface area contributed by atoms with Crippen molar-refractivity contribution in [1.29, 1.82) is 0 Å². The maximum Gasteiger partial charge on any atom is 0.274 e. The second-order valence-electron chi connectivity index (χ2n) is 7.87. The second-order valence-corrected chi connectivity index (χ2v) is 8.72. The molecule has 1 fully saturated rings. The lowest BCUT2D eigenvalue weighted by Crippen LogP contribution is -2.44. The Morgan fingerprint density at radius 2 is 1.94 bits per heavy atom. The minimum Gasteiger partial charge on any atom is -0.379 e. The molecule has 178 valence electrons. The summed E-state index contributed by atoms with van der Waals surface area (Å²) in [6.07, 6.45) is 3.85. The first kappa shape index (κ1) is 25.4. The number of aromatic nitrogens is 2. The van der Waals surface area contributed by atoms with Crippen LogP contribution in [0.3, 0.4) is 0 Å². The van der Waals surface area contributed by atoms with Gasteiger partial charge in [-0.3, -0.25) is 19.5 Å². The van der Waals surface area contributed by atoms with Crippen molar-refractivity contribution in [2.45, 2.75) is 19.8 Å². The summed E-state index contributed by atoms with van der Waals surface area (Å²) in [6, 6.07) is 5.31. The molecule has 0 aliphatic carbocycles. The first-order valence-corrected chi connectivity index (χ1v) is 11.8. The van der Waals surface area contributed by atoms with Crippen LogP contribution < -0.4 is 5.32 Å². The van der Waals surface area contributed by atoms with Crippen LogP contribution in [0.5, 0.6) is 0 Å². The second kappa shape index (κ2) is 12.8. The van der Waals surface area contributed by atoms with E-state index in [-0.39, 0.29) is 23.9 Å². The summed E-state index contributed by atoms with van der Waals surface area (Å²) >= 11 is 12.1. The molecule has 2 aromatic rings. The third-order valence-corrected chi connectivity index (χ3v) is 6.00. The maximum absolute atomic E-state index is 13.0. The number of morpholine rings is 1. The predicted molar refractivity (Wildman–Crippen MR) is 128 cm³/mol. The number of ether oxygens (including phenoxy) is 1. The van der Waals surface area contributed by atoms with Crippen molar-refractivity contribution in [1.82, 2.24) is 25.1 Å². The monoisotopic (exact) mass is 493 g/mol. The van der Waals surface area contributed by atoms with Crippen molar-refractivity contribution in [2.75, 3.05) is 52.5 Å². The number of hydrogen-bond donors (Lipinski definition) is 1. The fourth-order valence-corrected chi connectivity index (χ4v) is 3.96. The number of carbonyl (C=O) groups is 2. The molecule has 2 amide bonds. The van der Waals surface area contributed by atoms with Crippen LogP contribution in [0.15, 0.2) is 30.6 Å². The lowest BCUT2D eigenvalue weighted by Gasteiger charge is -2.30. The molecule has 1 saturated heterocycles. The fraction of sp³-hybridized carbons (Fsp3) is 0.478. The standard InChI is InChI=1S/C23H29Cl2N5O3/c1-17-15-28-21(16-27-17)23(32)30(9-8-29-10-12-33-13-11-29)7-5-22(31)26-6-4-18-2-3-19(24)14-20(18)25/h2-3,14-16H,4-13H2,1H3,(H,26,31). The van der Waals surface area contributed by atoms with Gasteiger partial charge in [-0.25, -0.2) is 4.98 Å². The zero-order valence-corrected chi connectivity index (χ0v) is 20.2. The number of hydrogen-bond acceptors (Lipinski definition) is 6. The average molecular weight is 494 g/mol. The van der Waals surface area contributed by atoms with E-state index in [1.807, 2.05) is 13.0 Å². The quantitative estimate of drug-likeness (QED) is 0.547. The van der Waals surface area contributed by atoms with Gasteiger partial charge in [-0.1, -0.05) is 29.3 Å². The van der Waals surface area contributed by atoms with Crippen molar-refractivity contribution in [3.8, 4) is 0 Å². The van der Waals surface area contributed by atoms with Crippen LogP contribution >= 0.6 is 23.2 Å². The van der Waals surface area contributed by atoms with Crippen LogP contribution in [-0.4, -0.2) is 84.1 Å². The Hall–Kier alpha value is -2.26. The smallest absolute Gasteiger partial charge is 0.274 e. The summed E-state index contributed by atoms with van der Waals surface area (Å²) < 4.78 is 5.39. The topological polar surface area (TPSA) is 87.7 Å². The zero-order chi connectivity index (χ0) is 23.6. The van der Waals surface area contributed by atoms with Gasteiger partial charge in [0, 0.05) is 61.9 Å². The van der Waals surface area contributed by atoms with Gasteiger partial charge in [0.15, 0.2) is 0 Å². The van der Waals surface area contributed by atoms with E-state index in [4.69, 9.17) is 27.9 Å². The third kappa shape index (κ3) is 8.23. The number of rotatable bonds is 10. The van der Waals surface area contributed by atoms with E-state index in [2.05, 4.69) is 20.2 Å². The van der Waals surface area contributed by atoms with Crippen LogP contribution in [-0.2, 0) is 16.0 Å². The van der Waals surface area contributed by atoms with Crippen LogP contribution in [0.25, 0.3) is 0 Å². The minimum atomic E-state index is -0.225. The highest BCUT2D eigenvalue weighted by Crippen LogP contribution is 2.21. The first-order chi connectivity index (χ1) is 15.9. The predicted octanol–water partition coefficient (Wildman–Crippen LogP) is 2.62. The molecular formula is C23H29Cl2N5O3. The third-order valence-electron chi connectivity index (χ3n) is 5.42. The van der Waals surface area contributed by atoms with Gasteiger partial charge in [-0.2, -0.15) is 0 Å². The maximum atomic E-state index is 13.0. The summed E-state index contributed by atoms with van der Waals surface area (Å²) in [5, 5.41) is 4.05. The molecule has 8 nitrogen and oxygen atoms in total. The molecule has 2 heterocycles. The molecule has 0 radical (unpaired) electrons. The van der Waals surface area contributed by atoms with E-state index in [1.54, 1.807) is 23.2 Å². The zero-order valence-electron chi connectivity index (χ0n) is 18.7. The molecule has 1 aliphatic heterocycles. The van der Waals surface area contributed by atoms with E-state index < -0.39 is 0 Å². The molecule has 0 saturated carbocycles. The Kier molecular flexibility index (Phi) is 9.87. The number of nitrogens with zero attached hydrogens (tertiary/aromatic N) is 4. The van der Waals surface area contributed by atoms with E-state index in [0.29, 0.717) is 55.9 Å². The highest BCUT2D eigenvalue weighted by molar-refractivity contribution is 6.35. The van der Waals surface area contributed by atoms with Crippen LogP contribution in [0, 0.1) is 6.92 Å². The SMILES string of the molecule is Cc1cnc(C(=O)N(CCC(=O)NCCc2ccc(Cl)cc2Cl)CCN2CCOCC2)cn1. The molecule has 10 heteroatoms. The Labute approximate surface area is 204 Å². The van der Waals surface area contributed by atoms with E-state index in [1.165, 1.54) is 6.20 Å². The molecule has 1 aromatic heterocycles. The van der Waals surface area contributed by atoms with Crippen LogP contribution in [0.1, 0.15) is 28.2 Å². The van der Waals surface area contributed by atoms with Gasteiger partial charge < -0.3 is 15.0 Å². The van der Waals surface area contributed by atoms with Gasteiger partial charge in [0.2, 0.25) is 5.91 Å². The van der Waals surface area contributed by atoms with E-state index in [0.717, 1.165) is 24.3 Å². The molecular weight excluding hydrogens is 465 g/mol. The number of carbonyl (C=O) groups excluding carboxylic acids is 2. The molecule has 1 aromatic carbocycles. The van der Waals surface area contributed by atoms with Gasteiger partial charge in [-0.05, 0) is 31.0 Å². The van der Waals surface area contributed by atoms with Gasteiger partial charge in [-0.15, -0.1) is 0 Å². The molecule has 0 bridgehead atoms. The van der Waals surface area contributed by atoms with Crippen molar-refractivity contribution in [2.24, 2.45) is 0 Å². The summed E-state index contributed by atoms with van der Waals surface area (Å²) in [5.74, 6) is -0.351.